The van der Waals surface area contributed by atoms with E-state index in [0.717, 1.165) is 5.56 Å². The lowest BCUT2D eigenvalue weighted by atomic mass is 10.2. The fraction of sp³-hybridized carbons (Fsp3) is 0.0556. The largest absolute Gasteiger partial charge is 0.508 e. The summed E-state index contributed by atoms with van der Waals surface area (Å²) in [5, 5.41) is 15.0. The Morgan fingerprint density at radius 3 is 2.62 bits per heavy atom. The molecule has 0 bridgehead atoms. The number of halogens is 1. The molecule has 0 atom stereocenters. The number of urea groups is 1. The molecule has 0 saturated heterocycles. The van der Waals surface area contributed by atoms with Gasteiger partial charge in [-0.2, -0.15) is 4.99 Å². The van der Waals surface area contributed by atoms with Crippen LogP contribution in [0.25, 0.3) is 6.08 Å². The summed E-state index contributed by atoms with van der Waals surface area (Å²) in [5.74, 6) is -0.229. The van der Waals surface area contributed by atoms with Crippen LogP contribution in [0.15, 0.2) is 59.2 Å². The lowest BCUT2D eigenvalue weighted by Gasteiger charge is -2.16. The van der Waals surface area contributed by atoms with Gasteiger partial charge < -0.3 is 15.3 Å². The van der Waals surface area contributed by atoms with E-state index in [1.165, 1.54) is 17.0 Å². The maximum absolute atomic E-state index is 12.1. The zero-order valence-corrected chi connectivity index (χ0v) is 14.5. The number of nitrogens with zero attached hydrogens (tertiary/aromatic N) is 2. The zero-order chi connectivity index (χ0) is 18.7. The topological polar surface area (TPSA) is 94.0 Å². The van der Waals surface area contributed by atoms with E-state index in [-0.39, 0.29) is 11.7 Å². The second-order valence-electron chi connectivity index (χ2n) is 5.51. The van der Waals surface area contributed by atoms with Gasteiger partial charge in [-0.3, -0.25) is 10.1 Å². The summed E-state index contributed by atoms with van der Waals surface area (Å²) in [5.41, 5.74) is 1.54. The molecular formula is C18H15ClN4O3. The van der Waals surface area contributed by atoms with Gasteiger partial charge >= 0.3 is 6.03 Å². The molecule has 7 nitrogen and oxygen atoms in total. The van der Waals surface area contributed by atoms with Gasteiger partial charge in [0.15, 0.2) is 0 Å². The lowest BCUT2D eigenvalue weighted by Crippen LogP contribution is -2.41. The van der Waals surface area contributed by atoms with Crippen molar-refractivity contribution in [3.05, 3.63) is 64.8 Å². The molecular weight excluding hydrogens is 356 g/mol. The third-order valence-electron chi connectivity index (χ3n) is 3.61. The van der Waals surface area contributed by atoms with E-state index in [2.05, 4.69) is 15.6 Å². The number of phenolic OH excluding ortho intramolecular Hbond substituents is 1. The highest BCUT2D eigenvalue weighted by atomic mass is 35.5. The third kappa shape index (κ3) is 4.01. The van der Waals surface area contributed by atoms with Gasteiger partial charge in [-0.05, 0) is 42.0 Å². The molecule has 0 unspecified atom stereocenters. The fourth-order valence-corrected chi connectivity index (χ4v) is 2.51. The van der Waals surface area contributed by atoms with Crippen molar-refractivity contribution < 1.29 is 14.7 Å². The maximum atomic E-state index is 12.1. The second kappa shape index (κ2) is 7.28. The number of hydrogen-bond donors (Lipinski definition) is 3. The number of anilines is 1. The van der Waals surface area contributed by atoms with Crippen LogP contribution in [0.4, 0.5) is 10.5 Å². The summed E-state index contributed by atoms with van der Waals surface area (Å²) in [6.45, 7) is 0. The van der Waals surface area contributed by atoms with Crippen molar-refractivity contribution in [3.8, 4) is 5.75 Å². The smallest absolute Gasteiger partial charge is 0.326 e. The van der Waals surface area contributed by atoms with E-state index in [1.807, 2.05) is 0 Å². The van der Waals surface area contributed by atoms with E-state index in [9.17, 15) is 14.7 Å². The molecule has 3 N–H and O–H groups in total. The third-order valence-corrected chi connectivity index (χ3v) is 3.85. The fourth-order valence-electron chi connectivity index (χ4n) is 2.31. The number of amides is 3. The quantitative estimate of drug-likeness (QED) is 0.708. The number of hydrogen-bond acceptors (Lipinski definition) is 4. The van der Waals surface area contributed by atoms with Crippen molar-refractivity contribution in [1.29, 1.82) is 0 Å². The van der Waals surface area contributed by atoms with Gasteiger partial charge in [-0.15, -0.1) is 0 Å². The average Bonchev–Trinajstić information content (AvgIpc) is 2.84. The summed E-state index contributed by atoms with van der Waals surface area (Å²) >= 11 is 5.88. The van der Waals surface area contributed by atoms with Crippen molar-refractivity contribution in [3.63, 3.8) is 0 Å². The van der Waals surface area contributed by atoms with Crippen molar-refractivity contribution in [2.45, 2.75) is 0 Å². The molecule has 132 valence electrons. The van der Waals surface area contributed by atoms with Crippen LogP contribution in [0, 0.1) is 0 Å². The molecule has 26 heavy (non-hydrogen) atoms. The molecule has 0 saturated carbocycles. The normalized spacial score (nSPS) is 15.2. The summed E-state index contributed by atoms with van der Waals surface area (Å²) in [4.78, 5) is 29.5. The van der Waals surface area contributed by atoms with Gasteiger partial charge in [-0.1, -0.05) is 29.8 Å². The molecule has 1 aliphatic rings. The first-order valence-corrected chi connectivity index (χ1v) is 8.01. The number of nitrogens with one attached hydrogen (secondary N) is 2. The first-order chi connectivity index (χ1) is 12.4. The Kier molecular flexibility index (Phi) is 4.90. The first kappa shape index (κ1) is 17.5. The predicted molar refractivity (Wildman–Crippen MR) is 99.9 cm³/mol. The Bertz CT molecular complexity index is 922. The van der Waals surface area contributed by atoms with Crippen LogP contribution in [0.3, 0.4) is 0 Å². The van der Waals surface area contributed by atoms with Crippen LogP contribution in [-0.2, 0) is 4.79 Å². The van der Waals surface area contributed by atoms with Crippen LogP contribution in [-0.4, -0.2) is 35.0 Å². The molecule has 3 amide bonds. The highest BCUT2D eigenvalue weighted by Gasteiger charge is 2.27. The minimum atomic E-state index is -0.545. The van der Waals surface area contributed by atoms with Crippen molar-refractivity contribution >= 4 is 41.3 Å². The molecule has 0 spiro atoms. The van der Waals surface area contributed by atoms with Gasteiger partial charge in [0.1, 0.15) is 11.4 Å². The standard InChI is InChI=1S/C18H15ClN4O3/c1-23-15(9-11-5-7-14(24)8-6-11)16(25)21-17(23)22-18(26)20-13-4-2-3-12(19)10-13/h2-10,24H,1H3,(H2,20,21,22,25,26)/b15-9-. The van der Waals surface area contributed by atoms with Gasteiger partial charge in [0.2, 0.25) is 5.96 Å². The number of benzene rings is 2. The number of likely N-dealkylation sites (N-methyl/N-ethyl adjacent to an activating group) is 1. The SMILES string of the molecule is CN1C(NC(=O)Nc2cccc(Cl)c2)=NC(=O)/C1=C/c1ccc(O)cc1. The lowest BCUT2D eigenvalue weighted by molar-refractivity contribution is -0.114. The van der Waals surface area contributed by atoms with Crippen LogP contribution in [0.2, 0.25) is 5.02 Å². The summed E-state index contributed by atoms with van der Waals surface area (Å²) < 4.78 is 0. The second-order valence-corrected chi connectivity index (χ2v) is 5.95. The number of carbonyl (C=O) groups excluding carboxylic acids is 2. The summed E-state index contributed by atoms with van der Waals surface area (Å²) in [6, 6.07) is 12.5. The molecule has 0 radical (unpaired) electrons. The number of aliphatic imine (C=N–C) groups is 1. The molecule has 0 aromatic heterocycles. The highest BCUT2D eigenvalue weighted by molar-refractivity contribution is 6.31. The van der Waals surface area contributed by atoms with Crippen molar-refractivity contribution in [2.24, 2.45) is 4.99 Å². The number of aromatic hydroxyl groups is 1. The van der Waals surface area contributed by atoms with Gasteiger partial charge in [0.25, 0.3) is 5.91 Å². The van der Waals surface area contributed by atoms with Crippen molar-refractivity contribution in [2.75, 3.05) is 12.4 Å². The number of rotatable bonds is 2. The van der Waals surface area contributed by atoms with E-state index in [0.29, 0.717) is 16.4 Å². The molecule has 0 fully saturated rings. The summed E-state index contributed by atoms with van der Waals surface area (Å²) in [6.07, 6.45) is 1.62. The van der Waals surface area contributed by atoms with Crippen LogP contribution >= 0.6 is 11.6 Å². The predicted octanol–water partition coefficient (Wildman–Crippen LogP) is 3.04. The zero-order valence-electron chi connectivity index (χ0n) is 13.7. The molecule has 2 aromatic rings. The van der Waals surface area contributed by atoms with Crippen molar-refractivity contribution in [1.82, 2.24) is 10.2 Å². The van der Waals surface area contributed by atoms with E-state index in [1.54, 1.807) is 49.5 Å². The number of guanidine groups is 1. The molecule has 1 heterocycles. The monoisotopic (exact) mass is 370 g/mol. The highest BCUT2D eigenvalue weighted by Crippen LogP contribution is 2.19. The summed E-state index contributed by atoms with van der Waals surface area (Å²) in [7, 11) is 1.62. The molecule has 3 rings (SSSR count). The van der Waals surface area contributed by atoms with Crippen LogP contribution in [0.5, 0.6) is 5.75 Å². The Morgan fingerprint density at radius 1 is 1.19 bits per heavy atom. The Balaban J connectivity index is 1.69. The molecule has 0 aliphatic carbocycles. The molecule has 8 heteroatoms. The van der Waals surface area contributed by atoms with Crippen LogP contribution < -0.4 is 10.6 Å². The minimum absolute atomic E-state index is 0.111. The van der Waals surface area contributed by atoms with E-state index >= 15 is 0 Å². The molecule has 1 aliphatic heterocycles. The Morgan fingerprint density at radius 2 is 1.92 bits per heavy atom. The molecule has 2 aromatic carbocycles. The van der Waals surface area contributed by atoms with E-state index < -0.39 is 11.9 Å². The average molecular weight is 371 g/mol. The Labute approximate surface area is 154 Å². The Hall–Kier alpha value is -3.32. The minimum Gasteiger partial charge on any atom is -0.508 e. The number of phenols is 1. The maximum Gasteiger partial charge on any atom is 0.326 e. The van der Waals surface area contributed by atoms with Gasteiger partial charge in [0.05, 0.1) is 0 Å². The first-order valence-electron chi connectivity index (χ1n) is 7.63. The van der Waals surface area contributed by atoms with Gasteiger partial charge in [0, 0.05) is 17.8 Å². The van der Waals surface area contributed by atoms with Crippen LogP contribution in [0.1, 0.15) is 5.56 Å². The van der Waals surface area contributed by atoms with E-state index in [4.69, 9.17) is 11.6 Å². The van der Waals surface area contributed by atoms with Gasteiger partial charge in [-0.25, -0.2) is 4.79 Å². The number of carbonyl (C=O) groups is 2.